The molecule has 0 aliphatic carbocycles. The number of hydrogen-bond donors (Lipinski definition) is 1. The molecule has 1 fully saturated rings. The van der Waals surface area contributed by atoms with Crippen molar-refractivity contribution in [1.29, 1.82) is 0 Å². The zero-order valence-corrected chi connectivity index (χ0v) is 23.3. The summed E-state index contributed by atoms with van der Waals surface area (Å²) in [6.45, 7) is 7.74. The van der Waals surface area contributed by atoms with Crippen LogP contribution in [0.1, 0.15) is 12.6 Å². The Morgan fingerprint density at radius 1 is 1.24 bits per heavy atom. The van der Waals surface area contributed by atoms with E-state index in [0.29, 0.717) is 19.3 Å². The number of methoxy groups -OCH3 is 1. The van der Waals surface area contributed by atoms with Crippen LogP contribution in [0.3, 0.4) is 0 Å². The van der Waals surface area contributed by atoms with Crippen LogP contribution in [-0.2, 0) is 9.47 Å². The monoisotopic (exact) mass is 541 g/mol. The van der Waals surface area contributed by atoms with Gasteiger partial charge in [0.1, 0.15) is 22.4 Å². The van der Waals surface area contributed by atoms with Gasteiger partial charge < -0.3 is 23.5 Å². The summed E-state index contributed by atoms with van der Waals surface area (Å²) < 4.78 is 19.0. The van der Waals surface area contributed by atoms with E-state index in [2.05, 4.69) is 62.8 Å². The molecule has 0 saturated carbocycles. The molecule has 2 aliphatic rings. The third-order valence-electron chi connectivity index (χ3n) is 6.46. The predicted octanol–water partition coefficient (Wildman–Crippen LogP) is 4.28. The first kappa shape index (κ1) is 26.2. The third-order valence-corrected chi connectivity index (χ3v) is 9.52. The van der Waals surface area contributed by atoms with Gasteiger partial charge in [-0.1, -0.05) is 6.07 Å². The highest BCUT2D eigenvalue weighted by molar-refractivity contribution is 8.16. The Kier molecular flexibility index (Phi) is 8.83. The Morgan fingerprint density at radius 3 is 2.86 bits per heavy atom. The Morgan fingerprint density at radius 2 is 2.11 bits per heavy atom. The van der Waals surface area contributed by atoms with Crippen LogP contribution < -0.4 is 9.04 Å². The molecular weight excluding hydrogens is 506 g/mol. The first-order chi connectivity index (χ1) is 18.2. The van der Waals surface area contributed by atoms with Crippen LogP contribution >= 0.6 is 22.4 Å². The molecule has 0 spiro atoms. The fourth-order valence-corrected chi connectivity index (χ4v) is 7.22. The summed E-state index contributed by atoms with van der Waals surface area (Å²) in [6.07, 6.45) is 1.85. The van der Waals surface area contributed by atoms with Gasteiger partial charge in [-0.15, -0.1) is 11.8 Å². The fraction of sp³-hybridized carbons (Fsp3) is 0.444. The number of thioether (sulfide) groups is 1. The van der Waals surface area contributed by atoms with Crippen molar-refractivity contribution in [1.82, 2.24) is 14.9 Å². The summed E-state index contributed by atoms with van der Waals surface area (Å²) in [5.41, 5.74) is 3.20. The maximum atomic E-state index is 6.06. The molecule has 4 heterocycles. The molecule has 10 heteroatoms. The number of aliphatic imine (C=N–C) groups is 1. The number of fused-ring (bicyclic) bond motifs is 1. The summed E-state index contributed by atoms with van der Waals surface area (Å²) in [4.78, 5) is 15.9. The summed E-state index contributed by atoms with van der Waals surface area (Å²) >= 11 is 1.84. The Hall–Kier alpha value is -2.37. The van der Waals surface area contributed by atoms with Crippen molar-refractivity contribution < 1.29 is 14.2 Å². The number of anilines is 1. The largest absolute Gasteiger partial charge is 0.491 e. The first-order valence-corrected chi connectivity index (χ1v) is 14.9. The van der Waals surface area contributed by atoms with E-state index in [1.54, 1.807) is 7.11 Å². The van der Waals surface area contributed by atoms with Gasteiger partial charge in [-0.25, -0.2) is 4.98 Å². The van der Waals surface area contributed by atoms with Gasteiger partial charge in [0.15, 0.2) is 0 Å². The maximum absolute atomic E-state index is 6.06. The molecule has 5 rings (SSSR count). The molecule has 2 atom stereocenters. The van der Waals surface area contributed by atoms with Crippen LogP contribution in [0.25, 0.3) is 10.9 Å². The molecule has 0 amide bonds. The van der Waals surface area contributed by atoms with Crippen molar-refractivity contribution in [3.8, 4) is 5.75 Å². The molecule has 1 saturated heterocycles. The fourth-order valence-electron chi connectivity index (χ4n) is 4.62. The van der Waals surface area contributed by atoms with Crippen LogP contribution in [0.15, 0.2) is 52.6 Å². The van der Waals surface area contributed by atoms with Gasteiger partial charge in [-0.2, -0.15) is 0 Å². The number of pyridine rings is 1. The SMILES string of the molecule is C/C=S(\c1ccccn1)N(C)c1cc(OCCOC)cc2cc(C3=N[C@H](CN4CCOCC4)CS3)[nH]c12. The third kappa shape index (κ3) is 6.21. The lowest BCUT2D eigenvalue weighted by Gasteiger charge is -2.27. The predicted molar refractivity (Wildman–Crippen MR) is 156 cm³/mol. The van der Waals surface area contributed by atoms with Crippen LogP contribution in [-0.4, -0.2) is 97.3 Å². The quantitative estimate of drug-likeness (QED) is 0.303. The minimum atomic E-state index is -0.319. The second-order valence-corrected chi connectivity index (χ2v) is 12.0. The first-order valence-electron chi connectivity index (χ1n) is 12.6. The van der Waals surface area contributed by atoms with Crippen LogP contribution in [0, 0.1) is 0 Å². The topological polar surface area (TPSA) is 75.2 Å². The van der Waals surface area contributed by atoms with Crippen molar-refractivity contribution in [2.45, 2.75) is 18.0 Å². The van der Waals surface area contributed by atoms with E-state index in [1.807, 2.05) is 30.1 Å². The molecule has 0 bridgehead atoms. The highest BCUT2D eigenvalue weighted by atomic mass is 32.2. The minimum Gasteiger partial charge on any atom is -0.491 e. The lowest BCUT2D eigenvalue weighted by molar-refractivity contribution is 0.0364. The van der Waals surface area contributed by atoms with Gasteiger partial charge in [-0.05, 0) is 47.2 Å². The summed E-state index contributed by atoms with van der Waals surface area (Å²) in [7, 11) is 3.48. The molecule has 8 nitrogen and oxygen atoms in total. The minimum absolute atomic E-state index is 0.310. The van der Waals surface area contributed by atoms with E-state index in [-0.39, 0.29) is 10.7 Å². The van der Waals surface area contributed by atoms with Gasteiger partial charge in [0, 0.05) is 57.2 Å². The Bertz CT molecular complexity index is 1260. The molecule has 1 unspecified atom stereocenters. The average Bonchev–Trinajstić information content (AvgIpc) is 3.57. The number of ether oxygens (including phenoxy) is 3. The molecule has 2 aliphatic heterocycles. The highest BCUT2D eigenvalue weighted by Gasteiger charge is 2.25. The van der Waals surface area contributed by atoms with Gasteiger partial charge in [0.25, 0.3) is 0 Å². The molecule has 0 radical (unpaired) electrons. The van der Waals surface area contributed by atoms with Gasteiger partial charge in [0.05, 0.1) is 42.8 Å². The molecular formula is C27H35N5O3S2. The summed E-state index contributed by atoms with van der Waals surface area (Å²) in [5.74, 6) is 1.83. The van der Waals surface area contributed by atoms with E-state index in [0.717, 1.165) is 76.7 Å². The smallest absolute Gasteiger partial charge is 0.122 e. The van der Waals surface area contributed by atoms with E-state index in [1.165, 1.54) is 0 Å². The van der Waals surface area contributed by atoms with Crippen molar-refractivity contribution in [2.24, 2.45) is 4.99 Å². The Labute approximate surface area is 225 Å². The van der Waals surface area contributed by atoms with E-state index in [9.17, 15) is 0 Å². The van der Waals surface area contributed by atoms with Crippen LogP contribution in [0.4, 0.5) is 5.69 Å². The summed E-state index contributed by atoms with van der Waals surface area (Å²) in [5, 5.41) is 5.41. The van der Waals surface area contributed by atoms with Crippen LogP contribution in [0.5, 0.6) is 5.75 Å². The van der Waals surface area contributed by atoms with E-state index < -0.39 is 0 Å². The number of nitrogens with one attached hydrogen (secondary N) is 1. The lowest BCUT2D eigenvalue weighted by Crippen LogP contribution is -2.40. The molecule has 1 N–H and O–H groups in total. The molecule has 37 heavy (non-hydrogen) atoms. The van der Waals surface area contributed by atoms with Crippen molar-refractivity contribution >= 4 is 49.4 Å². The number of aromatic nitrogens is 2. The van der Waals surface area contributed by atoms with Gasteiger partial charge >= 0.3 is 0 Å². The van der Waals surface area contributed by atoms with Crippen molar-refractivity contribution in [3.05, 3.63) is 48.3 Å². The number of benzene rings is 1. The molecule has 2 aromatic heterocycles. The summed E-state index contributed by atoms with van der Waals surface area (Å²) in [6, 6.07) is 12.8. The van der Waals surface area contributed by atoms with Gasteiger partial charge in [0.2, 0.25) is 0 Å². The van der Waals surface area contributed by atoms with Crippen LogP contribution in [0.2, 0.25) is 0 Å². The van der Waals surface area contributed by atoms with Crippen molar-refractivity contribution in [3.63, 3.8) is 0 Å². The highest BCUT2D eigenvalue weighted by Crippen LogP contribution is 2.40. The average molecular weight is 542 g/mol. The molecule has 198 valence electrons. The number of rotatable bonds is 10. The van der Waals surface area contributed by atoms with Gasteiger partial charge in [-0.3, -0.25) is 9.89 Å². The number of H-pyrrole nitrogens is 1. The Balaban J connectivity index is 1.46. The number of morpholine rings is 1. The zero-order valence-electron chi connectivity index (χ0n) is 21.7. The number of aromatic amines is 1. The van der Waals surface area contributed by atoms with E-state index >= 15 is 0 Å². The number of nitrogens with zero attached hydrogens (tertiary/aromatic N) is 4. The zero-order chi connectivity index (χ0) is 25.6. The molecule has 1 aromatic carbocycles. The lowest BCUT2D eigenvalue weighted by atomic mass is 10.2. The van der Waals surface area contributed by atoms with E-state index in [4.69, 9.17) is 19.2 Å². The normalized spacial score (nSPS) is 19.3. The maximum Gasteiger partial charge on any atom is 0.122 e. The second-order valence-electron chi connectivity index (χ2n) is 8.96. The van der Waals surface area contributed by atoms with Crippen molar-refractivity contribution in [2.75, 3.05) is 70.3 Å². The standard InChI is InChI=1S/C27H35N5O3S2/c1-4-37(25-7-5-6-8-28-25)31(2)24-17-22(35-14-13-33-3)15-20-16-23(30-26(20)24)27-29-21(19-36-27)18-32-9-11-34-12-10-32/h4-8,15-17,21,30H,9-14,18-19H2,1-3H3/t21-,37?/m1/s1. The number of hydrogen-bond acceptors (Lipinski definition) is 8. The molecule has 3 aromatic rings. The second kappa shape index (κ2) is 12.4.